The topological polar surface area (TPSA) is 32.3 Å². The second-order valence-corrected chi connectivity index (χ2v) is 5.45. The Morgan fingerprint density at radius 2 is 1.84 bits per heavy atom. The molecule has 0 saturated heterocycles. The molecule has 2 aromatic rings. The van der Waals surface area contributed by atoms with Gasteiger partial charge in [0, 0.05) is 10.7 Å². The van der Waals surface area contributed by atoms with Gasteiger partial charge < -0.3 is 10.4 Å². The van der Waals surface area contributed by atoms with Gasteiger partial charge in [-0.1, -0.05) is 48.0 Å². The van der Waals surface area contributed by atoms with Crippen LogP contribution < -0.4 is 5.32 Å². The van der Waals surface area contributed by atoms with E-state index in [1.54, 1.807) is 0 Å². The molecule has 3 heteroatoms. The summed E-state index contributed by atoms with van der Waals surface area (Å²) in [6, 6.07) is 17.7. The normalized spacial score (nSPS) is 13.8. The Hall–Kier alpha value is -1.51. The standard InChI is InChI=1S/C16H18ClNO/c1-16(12-19,11-13-6-3-2-4-7-13)18-15-9-5-8-14(17)10-15/h2-10,18-19H,11-12H2,1H3. The first-order chi connectivity index (χ1) is 9.11. The van der Waals surface area contributed by atoms with E-state index in [9.17, 15) is 5.11 Å². The first-order valence-electron chi connectivity index (χ1n) is 6.30. The fourth-order valence-corrected chi connectivity index (χ4v) is 2.29. The molecule has 2 aromatic carbocycles. The Morgan fingerprint density at radius 1 is 1.11 bits per heavy atom. The molecule has 100 valence electrons. The Balaban J connectivity index is 2.14. The average molecular weight is 276 g/mol. The molecule has 0 spiro atoms. The minimum atomic E-state index is -0.411. The molecular weight excluding hydrogens is 258 g/mol. The van der Waals surface area contributed by atoms with Gasteiger partial charge in [0.05, 0.1) is 12.1 Å². The molecule has 1 atom stereocenters. The van der Waals surface area contributed by atoms with E-state index >= 15 is 0 Å². The van der Waals surface area contributed by atoms with Crippen LogP contribution in [0.1, 0.15) is 12.5 Å². The van der Waals surface area contributed by atoms with Crippen LogP contribution in [0.5, 0.6) is 0 Å². The summed E-state index contributed by atoms with van der Waals surface area (Å²) in [6.07, 6.45) is 0.747. The van der Waals surface area contributed by atoms with E-state index in [-0.39, 0.29) is 6.61 Å². The van der Waals surface area contributed by atoms with Gasteiger partial charge in [0.15, 0.2) is 0 Å². The van der Waals surface area contributed by atoms with E-state index in [0.717, 1.165) is 12.1 Å². The van der Waals surface area contributed by atoms with Gasteiger partial charge in [-0.2, -0.15) is 0 Å². The minimum absolute atomic E-state index is 0.0500. The maximum Gasteiger partial charge on any atom is 0.0662 e. The first kappa shape index (κ1) is 13.9. The van der Waals surface area contributed by atoms with Crippen molar-refractivity contribution in [2.24, 2.45) is 0 Å². The fourth-order valence-electron chi connectivity index (χ4n) is 2.10. The van der Waals surface area contributed by atoms with Gasteiger partial charge in [-0.15, -0.1) is 0 Å². The zero-order valence-corrected chi connectivity index (χ0v) is 11.7. The molecule has 2 N–H and O–H groups in total. The number of aliphatic hydroxyl groups is 1. The highest BCUT2D eigenvalue weighted by Gasteiger charge is 2.23. The molecule has 0 aromatic heterocycles. The SMILES string of the molecule is CC(CO)(Cc1ccccc1)Nc1cccc(Cl)c1. The summed E-state index contributed by atoms with van der Waals surface area (Å²) in [6.45, 7) is 2.05. The number of halogens is 1. The summed E-state index contributed by atoms with van der Waals surface area (Å²) < 4.78 is 0. The van der Waals surface area contributed by atoms with Crippen LogP contribution in [-0.2, 0) is 6.42 Å². The summed E-state index contributed by atoms with van der Waals surface area (Å²) in [5.74, 6) is 0. The van der Waals surface area contributed by atoms with Crippen LogP contribution >= 0.6 is 11.6 Å². The monoisotopic (exact) mass is 275 g/mol. The van der Waals surface area contributed by atoms with E-state index in [1.165, 1.54) is 5.56 Å². The first-order valence-corrected chi connectivity index (χ1v) is 6.68. The quantitative estimate of drug-likeness (QED) is 0.871. The van der Waals surface area contributed by atoms with Gasteiger partial charge >= 0.3 is 0 Å². The number of rotatable bonds is 5. The number of anilines is 1. The van der Waals surface area contributed by atoms with Crippen molar-refractivity contribution in [3.8, 4) is 0 Å². The Bertz CT molecular complexity index is 529. The largest absolute Gasteiger partial charge is 0.394 e. The fraction of sp³-hybridized carbons (Fsp3) is 0.250. The van der Waals surface area contributed by atoms with Crippen molar-refractivity contribution in [2.75, 3.05) is 11.9 Å². The van der Waals surface area contributed by atoms with E-state index < -0.39 is 5.54 Å². The van der Waals surface area contributed by atoms with Gasteiger partial charge in [0.25, 0.3) is 0 Å². The molecule has 1 unspecified atom stereocenters. The van der Waals surface area contributed by atoms with Gasteiger partial charge in [-0.05, 0) is 37.1 Å². The molecular formula is C16H18ClNO. The van der Waals surface area contributed by atoms with Crippen molar-refractivity contribution in [2.45, 2.75) is 18.9 Å². The molecule has 0 aliphatic carbocycles. The van der Waals surface area contributed by atoms with Crippen LogP contribution in [0.3, 0.4) is 0 Å². The minimum Gasteiger partial charge on any atom is -0.394 e. The van der Waals surface area contributed by atoms with Crippen molar-refractivity contribution in [3.05, 3.63) is 65.2 Å². The molecule has 0 amide bonds. The van der Waals surface area contributed by atoms with Crippen molar-refractivity contribution in [1.29, 1.82) is 0 Å². The number of hydrogen-bond acceptors (Lipinski definition) is 2. The van der Waals surface area contributed by atoms with Gasteiger partial charge in [-0.3, -0.25) is 0 Å². The summed E-state index contributed by atoms with van der Waals surface area (Å²) in [4.78, 5) is 0. The van der Waals surface area contributed by atoms with Crippen molar-refractivity contribution < 1.29 is 5.11 Å². The lowest BCUT2D eigenvalue weighted by Crippen LogP contribution is -2.41. The van der Waals surface area contributed by atoms with Crippen LogP contribution in [0.15, 0.2) is 54.6 Å². The third-order valence-corrected chi connectivity index (χ3v) is 3.29. The van der Waals surface area contributed by atoms with Crippen molar-refractivity contribution >= 4 is 17.3 Å². The lowest BCUT2D eigenvalue weighted by atomic mass is 9.93. The lowest BCUT2D eigenvalue weighted by Gasteiger charge is -2.30. The number of nitrogens with one attached hydrogen (secondary N) is 1. The van der Waals surface area contributed by atoms with E-state index in [4.69, 9.17) is 11.6 Å². The lowest BCUT2D eigenvalue weighted by molar-refractivity contribution is 0.222. The van der Waals surface area contributed by atoms with Crippen LogP contribution in [-0.4, -0.2) is 17.3 Å². The number of aliphatic hydroxyl groups excluding tert-OH is 1. The molecule has 2 rings (SSSR count). The van der Waals surface area contributed by atoms with E-state index in [1.807, 2.05) is 49.4 Å². The van der Waals surface area contributed by atoms with Crippen LogP contribution in [0.4, 0.5) is 5.69 Å². The second kappa shape index (κ2) is 6.09. The summed E-state index contributed by atoms with van der Waals surface area (Å²) in [5.41, 5.74) is 1.69. The van der Waals surface area contributed by atoms with Crippen LogP contribution in [0.2, 0.25) is 5.02 Å². The van der Waals surface area contributed by atoms with Crippen molar-refractivity contribution in [1.82, 2.24) is 0 Å². The second-order valence-electron chi connectivity index (χ2n) is 5.02. The zero-order valence-electron chi connectivity index (χ0n) is 10.9. The van der Waals surface area contributed by atoms with Crippen LogP contribution in [0.25, 0.3) is 0 Å². The predicted molar refractivity (Wildman–Crippen MR) is 80.7 cm³/mol. The molecule has 0 aliphatic rings. The Morgan fingerprint density at radius 3 is 2.47 bits per heavy atom. The van der Waals surface area contributed by atoms with Crippen LogP contribution in [0, 0.1) is 0 Å². The predicted octanol–water partition coefficient (Wildman–Crippen LogP) is 3.75. The molecule has 0 saturated carbocycles. The zero-order chi connectivity index (χ0) is 13.7. The van der Waals surface area contributed by atoms with E-state index in [0.29, 0.717) is 5.02 Å². The number of hydrogen-bond donors (Lipinski definition) is 2. The number of benzene rings is 2. The highest BCUT2D eigenvalue weighted by Crippen LogP contribution is 2.22. The molecule has 0 aliphatic heterocycles. The summed E-state index contributed by atoms with van der Waals surface area (Å²) >= 11 is 5.97. The maximum atomic E-state index is 9.68. The van der Waals surface area contributed by atoms with E-state index in [2.05, 4.69) is 17.4 Å². The molecule has 2 nitrogen and oxygen atoms in total. The summed E-state index contributed by atoms with van der Waals surface area (Å²) in [7, 11) is 0. The molecule has 0 heterocycles. The molecule has 0 radical (unpaired) electrons. The Kier molecular flexibility index (Phi) is 4.46. The van der Waals surface area contributed by atoms with Gasteiger partial charge in [0.1, 0.15) is 0 Å². The van der Waals surface area contributed by atoms with Gasteiger partial charge in [0.2, 0.25) is 0 Å². The van der Waals surface area contributed by atoms with Crippen molar-refractivity contribution in [3.63, 3.8) is 0 Å². The molecule has 0 bridgehead atoms. The Labute approximate surface area is 119 Å². The molecule has 0 fully saturated rings. The summed E-state index contributed by atoms with van der Waals surface area (Å²) in [5, 5.41) is 13.7. The van der Waals surface area contributed by atoms with Gasteiger partial charge in [-0.25, -0.2) is 0 Å². The average Bonchev–Trinajstić information content (AvgIpc) is 2.40. The molecule has 19 heavy (non-hydrogen) atoms. The maximum absolute atomic E-state index is 9.68. The third kappa shape index (κ3) is 3.98. The highest BCUT2D eigenvalue weighted by atomic mass is 35.5. The third-order valence-electron chi connectivity index (χ3n) is 3.06. The smallest absolute Gasteiger partial charge is 0.0662 e. The highest BCUT2D eigenvalue weighted by molar-refractivity contribution is 6.30.